The lowest BCUT2D eigenvalue weighted by molar-refractivity contribution is -0.0103. The summed E-state index contributed by atoms with van der Waals surface area (Å²) >= 11 is 0. The van der Waals surface area contributed by atoms with Crippen molar-refractivity contribution in [3.63, 3.8) is 0 Å². The van der Waals surface area contributed by atoms with E-state index in [-0.39, 0.29) is 18.2 Å². The van der Waals surface area contributed by atoms with Crippen molar-refractivity contribution >= 4 is 5.82 Å². The number of aliphatic hydroxyl groups excluding tert-OH is 2. The first-order chi connectivity index (χ1) is 8.15. The first kappa shape index (κ1) is 11.6. The summed E-state index contributed by atoms with van der Waals surface area (Å²) in [7, 11) is 0. The van der Waals surface area contributed by atoms with Gasteiger partial charge in [0.05, 0.1) is 0 Å². The van der Waals surface area contributed by atoms with Gasteiger partial charge in [0.25, 0.3) is 0 Å². The van der Waals surface area contributed by atoms with Crippen molar-refractivity contribution in [3.05, 3.63) is 34.6 Å². The van der Waals surface area contributed by atoms with Crippen molar-refractivity contribution in [2.24, 2.45) is 0 Å². The minimum absolute atomic E-state index is 0.00548. The largest absolute Gasteiger partial charge is 0.469 e. The topological polar surface area (TPSA) is 117 Å². The molecule has 1 aliphatic rings. The Balaban J connectivity index is 2.28. The van der Waals surface area contributed by atoms with Crippen LogP contribution in [0.3, 0.4) is 0 Å². The van der Waals surface area contributed by atoms with Crippen molar-refractivity contribution in [1.82, 2.24) is 9.55 Å². The summed E-state index contributed by atoms with van der Waals surface area (Å²) in [6.07, 6.45) is 0.639. The van der Waals surface area contributed by atoms with Crippen LogP contribution in [0.1, 0.15) is 6.23 Å². The third-order valence-corrected chi connectivity index (χ3v) is 2.30. The number of nitrogens with one attached hydrogen (secondary N) is 1. The minimum atomic E-state index is -1.04. The second-order valence-electron chi connectivity index (χ2n) is 3.40. The third-order valence-electron chi connectivity index (χ3n) is 2.30. The van der Waals surface area contributed by atoms with Crippen LogP contribution in [0.4, 0.5) is 5.82 Å². The van der Waals surface area contributed by atoms with Crippen molar-refractivity contribution < 1.29 is 20.2 Å². The molecule has 0 aliphatic carbocycles. The Morgan fingerprint density at radius 2 is 2.35 bits per heavy atom. The Bertz CT molecular complexity index is 498. The van der Waals surface area contributed by atoms with Crippen molar-refractivity contribution in [2.75, 3.05) is 12.1 Å². The lowest BCUT2D eigenvalue weighted by atomic mass is 10.3. The van der Waals surface area contributed by atoms with E-state index >= 15 is 0 Å². The maximum absolute atomic E-state index is 11.6. The summed E-state index contributed by atoms with van der Waals surface area (Å²) in [6, 6.07) is 1.34. The zero-order valence-corrected chi connectivity index (χ0v) is 8.65. The molecule has 2 rings (SSSR count). The highest BCUT2D eigenvalue weighted by atomic mass is 16.5. The molecule has 0 bridgehead atoms. The van der Waals surface area contributed by atoms with E-state index in [4.69, 9.17) is 15.1 Å². The quantitative estimate of drug-likeness (QED) is 0.491. The number of rotatable bonds is 3. The van der Waals surface area contributed by atoms with E-state index in [1.54, 1.807) is 5.48 Å². The molecule has 17 heavy (non-hydrogen) atoms. The van der Waals surface area contributed by atoms with Gasteiger partial charge in [0.2, 0.25) is 6.23 Å². The first-order valence-corrected chi connectivity index (χ1v) is 4.81. The highest BCUT2D eigenvalue weighted by molar-refractivity contribution is 5.28. The summed E-state index contributed by atoms with van der Waals surface area (Å²) in [4.78, 5) is 15.0. The maximum Gasteiger partial charge on any atom is 0.352 e. The molecule has 2 atom stereocenters. The van der Waals surface area contributed by atoms with Crippen LogP contribution >= 0.6 is 0 Å². The third kappa shape index (κ3) is 2.13. The molecule has 8 heteroatoms. The number of hydrogen-bond donors (Lipinski definition) is 4. The fourth-order valence-corrected chi connectivity index (χ4v) is 1.52. The van der Waals surface area contributed by atoms with Gasteiger partial charge in [-0.15, -0.1) is 0 Å². The van der Waals surface area contributed by atoms with E-state index < -0.39 is 18.0 Å². The summed E-state index contributed by atoms with van der Waals surface area (Å²) in [5.74, 6) is 0.188. The lowest BCUT2D eigenvalue weighted by Gasteiger charge is -2.17. The van der Waals surface area contributed by atoms with E-state index in [9.17, 15) is 9.90 Å². The number of anilines is 1. The maximum atomic E-state index is 11.6. The van der Waals surface area contributed by atoms with Gasteiger partial charge >= 0.3 is 5.69 Å². The zero-order valence-electron chi connectivity index (χ0n) is 8.65. The van der Waals surface area contributed by atoms with Crippen LogP contribution in [0.2, 0.25) is 0 Å². The monoisotopic (exact) mass is 241 g/mol. The fourth-order valence-electron chi connectivity index (χ4n) is 1.52. The Kier molecular flexibility index (Phi) is 3.09. The molecule has 0 spiro atoms. The van der Waals surface area contributed by atoms with Gasteiger partial charge in [-0.3, -0.25) is 15.3 Å². The van der Waals surface area contributed by atoms with Gasteiger partial charge < -0.3 is 14.9 Å². The smallest absolute Gasteiger partial charge is 0.352 e. The molecule has 1 aromatic heterocycles. The molecule has 8 nitrogen and oxygen atoms in total. The Morgan fingerprint density at radius 1 is 1.59 bits per heavy atom. The number of ether oxygens (including phenoxy) is 1. The summed E-state index contributed by atoms with van der Waals surface area (Å²) < 4.78 is 6.22. The van der Waals surface area contributed by atoms with Gasteiger partial charge in [-0.05, 0) is 12.1 Å². The molecule has 0 amide bonds. The SMILES string of the molecule is O=c1nc(NO)ccn1C1OC(CO)=C[C@H]1O. The van der Waals surface area contributed by atoms with Gasteiger partial charge in [0, 0.05) is 6.20 Å². The average Bonchev–Trinajstić information content (AvgIpc) is 2.70. The predicted octanol–water partition coefficient (Wildman–Crippen LogP) is -1.19. The normalized spacial score (nSPS) is 23.1. The molecule has 0 saturated heterocycles. The molecule has 0 saturated carbocycles. The second kappa shape index (κ2) is 4.53. The van der Waals surface area contributed by atoms with Crippen molar-refractivity contribution in [2.45, 2.75) is 12.3 Å². The van der Waals surface area contributed by atoms with Gasteiger partial charge in [-0.2, -0.15) is 4.98 Å². The molecule has 2 heterocycles. The van der Waals surface area contributed by atoms with E-state index in [1.165, 1.54) is 18.3 Å². The van der Waals surface area contributed by atoms with Gasteiger partial charge in [0.1, 0.15) is 18.5 Å². The van der Waals surface area contributed by atoms with Crippen LogP contribution in [0.15, 0.2) is 28.9 Å². The predicted molar refractivity (Wildman–Crippen MR) is 55.2 cm³/mol. The molecule has 0 aromatic carbocycles. The number of aromatic nitrogens is 2. The van der Waals surface area contributed by atoms with Crippen LogP contribution in [0.25, 0.3) is 0 Å². The zero-order chi connectivity index (χ0) is 12.4. The molecule has 0 radical (unpaired) electrons. The Labute approximate surface area is 95.4 Å². The molecule has 4 N–H and O–H groups in total. The molecule has 1 aliphatic heterocycles. The highest BCUT2D eigenvalue weighted by Crippen LogP contribution is 2.24. The van der Waals surface area contributed by atoms with Gasteiger partial charge in [0.15, 0.2) is 5.82 Å². The first-order valence-electron chi connectivity index (χ1n) is 4.81. The minimum Gasteiger partial charge on any atom is -0.469 e. The summed E-state index contributed by atoms with van der Waals surface area (Å²) in [5.41, 5.74) is 1.04. The molecular formula is C9H11N3O5. The average molecular weight is 241 g/mol. The van der Waals surface area contributed by atoms with Crippen LogP contribution in [-0.4, -0.2) is 37.7 Å². The molecule has 1 unspecified atom stereocenters. The molecular weight excluding hydrogens is 230 g/mol. The highest BCUT2D eigenvalue weighted by Gasteiger charge is 2.29. The fraction of sp³-hybridized carbons (Fsp3) is 0.333. The van der Waals surface area contributed by atoms with Gasteiger partial charge in [-0.1, -0.05) is 0 Å². The Hall–Kier alpha value is -1.90. The van der Waals surface area contributed by atoms with Crippen LogP contribution in [0.5, 0.6) is 0 Å². The Morgan fingerprint density at radius 3 is 2.88 bits per heavy atom. The van der Waals surface area contributed by atoms with Crippen LogP contribution in [0, 0.1) is 0 Å². The number of nitrogens with zero attached hydrogens (tertiary/aromatic N) is 2. The number of hydrogen-bond acceptors (Lipinski definition) is 7. The molecule has 92 valence electrons. The van der Waals surface area contributed by atoms with E-state index in [0.717, 1.165) is 4.57 Å². The van der Waals surface area contributed by atoms with Crippen LogP contribution in [-0.2, 0) is 4.74 Å². The number of aliphatic hydroxyl groups is 2. The van der Waals surface area contributed by atoms with E-state index in [1.807, 2.05) is 0 Å². The molecule has 1 aromatic rings. The summed E-state index contributed by atoms with van der Waals surface area (Å²) in [5, 5.41) is 27.0. The molecule has 0 fully saturated rings. The summed E-state index contributed by atoms with van der Waals surface area (Å²) in [6.45, 7) is -0.355. The lowest BCUT2D eigenvalue weighted by Crippen LogP contribution is -2.32. The van der Waals surface area contributed by atoms with Crippen molar-refractivity contribution in [1.29, 1.82) is 0 Å². The van der Waals surface area contributed by atoms with Crippen molar-refractivity contribution in [3.8, 4) is 0 Å². The van der Waals surface area contributed by atoms with Crippen LogP contribution < -0.4 is 11.2 Å². The van der Waals surface area contributed by atoms with Gasteiger partial charge in [-0.25, -0.2) is 4.79 Å². The standard InChI is InChI=1S/C9H11N3O5/c13-4-5-3-6(14)8(17-5)12-2-1-7(11-16)10-9(12)15/h1-3,6,8,13-14,16H,4H2,(H,10,11,15)/t6-,8?/m1/s1. The van der Waals surface area contributed by atoms with E-state index in [0.29, 0.717) is 0 Å². The second-order valence-corrected chi connectivity index (χ2v) is 3.40. The van der Waals surface area contributed by atoms with E-state index in [2.05, 4.69) is 4.98 Å².